The van der Waals surface area contributed by atoms with Crippen LogP contribution in [0.3, 0.4) is 0 Å². The molecule has 2 heteroatoms. The van der Waals surface area contributed by atoms with Gasteiger partial charge >= 0.3 is 0 Å². The molecule has 0 amide bonds. The highest BCUT2D eigenvalue weighted by Gasteiger charge is 2.62. The Kier molecular flexibility index (Phi) is 1.83. The van der Waals surface area contributed by atoms with Gasteiger partial charge in [0.1, 0.15) is 5.54 Å². The van der Waals surface area contributed by atoms with Crippen molar-refractivity contribution >= 4 is 0 Å². The van der Waals surface area contributed by atoms with Crippen LogP contribution in [0.5, 0.6) is 0 Å². The predicted octanol–water partition coefficient (Wildman–Crippen LogP) is 2.17. The quantitative estimate of drug-likeness (QED) is 0.728. The molecule has 1 aromatic carbocycles. The highest BCUT2D eigenvalue weighted by molar-refractivity contribution is 5.29. The number of nitrogens with zero attached hydrogens (tertiary/aromatic N) is 2. The van der Waals surface area contributed by atoms with E-state index in [4.69, 9.17) is 0 Å². The first-order valence-corrected chi connectivity index (χ1v) is 5.55. The van der Waals surface area contributed by atoms with E-state index in [1.807, 2.05) is 6.07 Å². The number of fused-ring (bicyclic) bond motifs is 1. The first kappa shape index (κ1) is 8.94. The third-order valence-electron chi connectivity index (χ3n) is 3.79. The summed E-state index contributed by atoms with van der Waals surface area (Å²) in [5.41, 5.74) is 1.23. The maximum atomic E-state index is 9.22. The molecular formula is C13H14N2. The maximum absolute atomic E-state index is 9.22. The standard InChI is InChI=1S/C13H14N2/c14-10-13-8-12(13)6-7-15(13)9-11-4-2-1-3-5-11/h1-5,12H,6-9H2. The molecule has 76 valence electrons. The fourth-order valence-corrected chi connectivity index (χ4v) is 2.79. The van der Waals surface area contributed by atoms with Crippen LogP contribution in [0.15, 0.2) is 30.3 Å². The molecule has 1 saturated heterocycles. The van der Waals surface area contributed by atoms with E-state index in [0.29, 0.717) is 5.92 Å². The van der Waals surface area contributed by atoms with Crippen molar-refractivity contribution in [3.8, 4) is 6.07 Å². The minimum absolute atomic E-state index is 0.0875. The Balaban J connectivity index is 1.78. The van der Waals surface area contributed by atoms with Crippen molar-refractivity contribution in [1.29, 1.82) is 5.26 Å². The van der Waals surface area contributed by atoms with Gasteiger partial charge in [-0.3, -0.25) is 4.90 Å². The van der Waals surface area contributed by atoms with E-state index in [9.17, 15) is 5.26 Å². The van der Waals surface area contributed by atoms with Crippen LogP contribution in [0.4, 0.5) is 0 Å². The molecule has 0 spiro atoms. The lowest BCUT2D eigenvalue weighted by molar-refractivity contribution is 0.245. The third-order valence-corrected chi connectivity index (χ3v) is 3.79. The minimum atomic E-state index is -0.0875. The minimum Gasteiger partial charge on any atom is -0.281 e. The lowest BCUT2D eigenvalue weighted by atomic mass is 10.2. The molecule has 15 heavy (non-hydrogen) atoms. The van der Waals surface area contributed by atoms with Crippen molar-refractivity contribution in [2.45, 2.75) is 24.9 Å². The summed E-state index contributed by atoms with van der Waals surface area (Å²) in [4.78, 5) is 2.35. The van der Waals surface area contributed by atoms with Crippen molar-refractivity contribution in [1.82, 2.24) is 4.90 Å². The number of rotatable bonds is 2. The monoisotopic (exact) mass is 198 g/mol. The van der Waals surface area contributed by atoms with Crippen LogP contribution in [-0.2, 0) is 6.54 Å². The topological polar surface area (TPSA) is 27.0 Å². The molecule has 1 saturated carbocycles. The Labute approximate surface area is 90.1 Å². The molecule has 2 unspecified atom stereocenters. The zero-order chi connectivity index (χ0) is 10.3. The summed E-state index contributed by atoms with van der Waals surface area (Å²) < 4.78 is 0. The van der Waals surface area contributed by atoms with Crippen LogP contribution >= 0.6 is 0 Å². The second kappa shape index (κ2) is 3.08. The van der Waals surface area contributed by atoms with Crippen LogP contribution < -0.4 is 0 Å². The van der Waals surface area contributed by atoms with Gasteiger partial charge in [0.25, 0.3) is 0 Å². The van der Waals surface area contributed by atoms with Gasteiger partial charge in [0.2, 0.25) is 0 Å². The number of hydrogen-bond donors (Lipinski definition) is 0. The molecule has 0 radical (unpaired) electrons. The number of piperidine rings is 1. The normalized spacial score (nSPS) is 33.4. The maximum Gasteiger partial charge on any atom is 0.112 e. The number of likely N-dealkylation sites (tertiary alicyclic amines) is 1. The van der Waals surface area contributed by atoms with Gasteiger partial charge in [0, 0.05) is 13.1 Å². The van der Waals surface area contributed by atoms with Gasteiger partial charge in [0.05, 0.1) is 6.07 Å². The summed E-state index contributed by atoms with van der Waals surface area (Å²) in [5, 5.41) is 9.22. The van der Waals surface area contributed by atoms with Crippen LogP contribution in [0.2, 0.25) is 0 Å². The largest absolute Gasteiger partial charge is 0.281 e. The lowest BCUT2D eigenvalue weighted by Crippen LogP contribution is -2.32. The molecule has 2 fully saturated rings. The van der Waals surface area contributed by atoms with E-state index >= 15 is 0 Å². The summed E-state index contributed by atoms with van der Waals surface area (Å²) in [7, 11) is 0. The number of nitriles is 1. The van der Waals surface area contributed by atoms with Crippen molar-refractivity contribution in [3.63, 3.8) is 0 Å². The van der Waals surface area contributed by atoms with Gasteiger partial charge in [-0.2, -0.15) is 5.26 Å². The predicted molar refractivity (Wildman–Crippen MR) is 57.9 cm³/mol. The van der Waals surface area contributed by atoms with Gasteiger partial charge in [-0.1, -0.05) is 30.3 Å². The summed E-state index contributed by atoms with van der Waals surface area (Å²) >= 11 is 0. The molecule has 0 N–H and O–H groups in total. The molecule has 1 aromatic rings. The fourth-order valence-electron chi connectivity index (χ4n) is 2.79. The third kappa shape index (κ3) is 1.27. The second-order valence-electron chi connectivity index (χ2n) is 4.63. The van der Waals surface area contributed by atoms with Gasteiger partial charge < -0.3 is 0 Å². The fraction of sp³-hybridized carbons (Fsp3) is 0.462. The van der Waals surface area contributed by atoms with E-state index < -0.39 is 0 Å². The van der Waals surface area contributed by atoms with E-state index in [-0.39, 0.29) is 5.54 Å². The second-order valence-corrected chi connectivity index (χ2v) is 4.63. The molecule has 1 aliphatic heterocycles. The Morgan fingerprint density at radius 1 is 1.40 bits per heavy atom. The van der Waals surface area contributed by atoms with E-state index in [1.165, 1.54) is 12.0 Å². The molecule has 3 rings (SSSR count). The highest BCUT2D eigenvalue weighted by atomic mass is 15.3. The molecule has 2 aliphatic rings. The Hall–Kier alpha value is -1.33. The van der Waals surface area contributed by atoms with Crippen molar-refractivity contribution in [3.05, 3.63) is 35.9 Å². The first-order valence-electron chi connectivity index (χ1n) is 5.55. The van der Waals surface area contributed by atoms with Gasteiger partial charge in [-0.05, 0) is 24.3 Å². The van der Waals surface area contributed by atoms with Crippen LogP contribution in [0.1, 0.15) is 18.4 Å². The summed E-state index contributed by atoms with van der Waals surface area (Å²) in [5.74, 6) is 0.659. The average molecular weight is 198 g/mol. The summed E-state index contributed by atoms with van der Waals surface area (Å²) in [6.07, 6.45) is 2.30. The van der Waals surface area contributed by atoms with E-state index in [2.05, 4.69) is 35.2 Å². The Morgan fingerprint density at radius 3 is 2.87 bits per heavy atom. The number of hydrogen-bond acceptors (Lipinski definition) is 2. The van der Waals surface area contributed by atoms with E-state index in [0.717, 1.165) is 19.5 Å². The van der Waals surface area contributed by atoms with Crippen LogP contribution in [-0.4, -0.2) is 17.0 Å². The zero-order valence-electron chi connectivity index (χ0n) is 8.69. The van der Waals surface area contributed by atoms with Crippen LogP contribution in [0, 0.1) is 17.2 Å². The average Bonchev–Trinajstić information content (AvgIpc) is 2.92. The van der Waals surface area contributed by atoms with Crippen molar-refractivity contribution in [2.24, 2.45) is 5.92 Å². The van der Waals surface area contributed by atoms with Crippen molar-refractivity contribution in [2.75, 3.05) is 6.54 Å². The Bertz CT molecular complexity index is 406. The van der Waals surface area contributed by atoms with E-state index in [1.54, 1.807) is 0 Å². The summed E-state index contributed by atoms with van der Waals surface area (Å²) in [6.45, 7) is 2.03. The SMILES string of the molecule is N#CC12CC1CCN2Cc1ccccc1. The lowest BCUT2D eigenvalue weighted by Gasteiger charge is -2.22. The first-order chi connectivity index (χ1) is 7.35. The van der Waals surface area contributed by atoms with Crippen molar-refractivity contribution < 1.29 is 0 Å². The molecular weight excluding hydrogens is 184 g/mol. The summed E-state index contributed by atoms with van der Waals surface area (Å²) in [6, 6.07) is 13.0. The van der Waals surface area contributed by atoms with Gasteiger partial charge in [0.15, 0.2) is 0 Å². The zero-order valence-corrected chi connectivity index (χ0v) is 8.69. The highest BCUT2D eigenvalue weighted by Crippen LogP contribution is 2.55. The van der Waals surface area contributed by atoms with Gasteiger partial charge in [-0.25, -0.2) is 0 Å². The number of benzene rings is 1. The molecule has 2 atom stereocenters. The smallest absolute Gasteiger partial charge is 0.112 e. The molecule has 2 nitrogen and oxygen atoms in total. The molecule has 1 aliphatic carbocycles. The molecule has 1 heterocycles. The van der Waals surface area contributed by atoms with Gasteiger partial charge in [-0.15, -0.1) is 0 Å². The Morgan fingerprint density at radius 2 is 2.20 bits per heavy atom. The molecule has 0 aromatic heterocycles. The van der Waals surface area contributed by atoms with Crippen LogP contribution in [0.25, 0.3) is 0 Å². The molecule has 0 bridgehead atoms.